The molecule has 6 nitrogen and oxygen atoms in total. The highest BCUT2D eigenvalue weighted by atomic mass is 16.2. The molecule has 0 saturated heterocycles. The lowest BCUT2D eigenvalue weighted by Crippen LogP contribution is -2.44. The third-order valence-electron chi connectivity index (χ3n) is 5.66. The average molecular weight is 423 g/mol. The van der Waals surface area contributed by atoms with Gasteiger partial charge in [0, 0.05) is 48.7 Å². The minimum atomic E-state index is -0.179. The van der Waals surface area contributed by atoms with Gasteiger partial charge in [-0.15, -0.1) is 0 Å². The molecule has 2 aromatic rings. The van der Waals surface area contributed by atoms with Crippen molar-refractivity contribution < 1.29 is 9.59 Å². The minimum absolute atomic E-state index is 0.0687. The summed E-state index contributed by atoms with van der Waals surface area (Å²) in [6.45, 7) is 6.81. The van der Waals surface area contributed by atoms with Gasteiger partial charge in [0.25, 0.3) is 5.91 Å². The Morgan fingerprint density at radius 2 is 1.77 bits per heavy atom. The highest BCUT2D eigenvalue weighted by Crippen LogP contribution is 2.28. The first-order valence-corrected chi connectivity index (χ1v) is 11.1. The van der Waals surface area contributed by atoms with Crippen LogP contribution in [0.1, 0.15) is 68.8 Å². The van der Waals surface area contributed by atoms with Crippen LogP contribution in [0.25, 0.3) is 0 Å². The van der Waals surface area contributed by atoms with E-state index in [4.69, 9.17) is 5.73 Å². The SMILES string of the molecule is CC(C)(C)CC(=O)N(Cc1cccc(NC(=O)c2ccncc2)c1)C1CCC(N)CC1. The number of rotatable bonds is 6. The number of aromatic nitrogens is 1. The van der Waals surface area contributed by atoms with Crippen LogP contribution in [0.2, 0.25) is 0 Å². The van der Waals surface area contributed by atoms with E-state index in [0.717, 1.165) is 31.2 Å². The number of hydrogen-bond donors (Lipinski definition) is 2. The van der Waals surface area contributed by atoms with Crippen LogP contribution in [-0.4, -0.2) is 33.8 Å². The first-order valence-electron chi connectivity index (χ1n) is 11.1. The number of amides is 2. The van der Waals surface area contributed by atoms with E-state index in [2.05, 4.69) is 31.1 Å². The molecular formula is C25H34N4O2. The fourth-order valence-corrected chi connectivity index (χ4v) is 4.04. The van der Waals surface area contributed by atoms with E-state index in [1.807, 2.05) is 29.2 Å². The Morgan fingerprint density at radius 3 is 2.42 bits per heavy atom. The maximum Gasteiger partial charge on any atom is 0.255 e. The highest BCUT2D eigenvalue weighted by Gasteiger charge is 2.30. The molecule has 1 aliphatic rings. The van der Waals surface area contributed by atoms with E-state index in [0.29, 0.717) is 24.2 Å². The van der Waals surface area contributed by atoms with Crippen LogP contribution >= 0.6 is 0 Å². The molecule has 1 aromatic heterocycles. The molecule has 0 bridgehead atoms. The van der Waals surface area contributed by atoms with E-state index >= 15 is 0 Å². The second-order valence-corrected chi connectivity index (χ2v) is 9.72. The fraction of sp³-hybridized carbons (Fsp3) is 0.480. The molecule has 1 saturated carbocycles. The molecule has 1 heterocycles. The van der Waals surface area contributed by atoms with E-state index in [1.165, 1.54) is 0 Å². The lowest BCUT2D eigenvalue weighted by molar-refractivity contribution is -0.137. The van der Waals surface area contributed by atoms with Crippen LogP contribution in [0.3, 0.4) is 0 Å². The molecule has 0 radical (unpaired) electrons. The zero-order chi connectivity index (χ0) is 22.4. The summed E-state index contributed by atoms with van der Waals surface area (Å²) >= 11 is 0. The monoisotopic (exact) mass is 422 g/mol. The van der Waals surface area contributed by atoms with Gasteiger partial charge in [-0.1, -0.05) is 32.9 Å². The fourth-order valence-electron chi connectivity index (χ4n) is 4.04. The Morgan fingerprint density at radius 1 is 1.10 bits per heavy atom. The van der Waals surface area contributed by atoms with Crippen molar-refractivity contribution >= 4 is 17.5 Å². The van der Waals surface area contributed by atoms with Gasteiger partial charge in [0.05, 0.1) is 0 Å². The largest absolute Gasteiger partial charge is 0.335 e. The molecular weight excluding hydrogens is 388 g/mol. The topological polar surface area (TPSA) is 88.3 Å². The second-order valence-electron chi connectivity index (χ2n) is 9.72. The molecule has 1 fully saturated rings. The summed E-state index contributed by atoms with van der Waals surface area (Å²) in [4.78, 5) is 31.7. The van der Waals surface area contributed by atoms with Crippen molar-refractivity contribution in [1.29, 1.82) is 0 Å². The Labute approximate surface area is 185 Å². The second kappa shape index (κ2) is 10.1. The number of benzene rings is 1. The lowest BCUT2D eigenvalue weighted by atomic mass is 9.88. The summed E-state index contributed by atoms with van der Waals surface area (Å²) in [7, 11) is 0. The standard InChI is InChI=1S/C25H34N4O2/c1-25(2,3)16-23(30)29(22-9-7-20(26)8-10-22)17-18-5-4-6-21(15-18)28-24(31)19-11-13-27-14-12-19/h4-6,11-15,20,22H,7-10,16-17,26H2,1-3H3,(H,28,31). The molecule has 0 unspecified atom stereocenters. The summed E-state index contributed by atoms with van der Waals surface area (Å²) in [6, 6.07) is 11.6. The molecule has 2 amide bonds. The Bertz CT molecular complexity index is 884. The minimum Gasteiger partial charge on any atom is -0.335 e. The number of carbonyl (C=O) groups excluding carboxylic acids is 2. The number of nitrogens with two attached hydrogens (primary N) is 1. The van der Waals surface area contributed by atoms with Crippen LogP contribution in [0, 0.1) is 5.41 Å². The van der Waals surface area contributed by atoms with E-state index in [-0.39, 0.29) is 29.3 Å². The Hall–Kier alpha value is -2.73. The summed E-state index contributed by atoms with van der Waals surface area (Å²) < 4.78 is 0. The van der Waals surface area contributed by atoms with Gasteiger partial charge in [0.1, 0.15) is 0 Å². The predicted molar refractivity (Wildman–Crippen MR) is 123 cm³/mol. The predicted octanol–water partition coefficient (Wildman–Crippen LogP) is 4.37. The van der Waals surface area contributed by atoms with Crippen molar-refractivity contribution in [2.24, 2.45) is 11.1 Å². The lowest BCUT2D eigenvalue weighted by Gasteiger charge is -2.37. The molecule has 6 heteroatoms. The average Bonchev–Trinajstić information content (AvgIpc) is 2.72. The number of hydrogen-bond acceptors (Lipinski definition) is 4. The first-order chi connectivity index (χ1) is 14.7. The Balaban J connectivity index is 1.75. The molecule has 0 atom stereocenters. The van der Waals surface area contributed by atoms with Crippen molar-refractivity contribution in [2.45, 2.75) is 71.5 Å². The van der Waals surface area contributed by atoms with Gasteiger partial charge >= 0.3 is 0 Å². The third-order valence-corrected chi connectivity index (χ3v) is 5.66. The van der Waals surface area contributed by atoms with Crippen LogP contribution in [-0.2, 0) is 11.3 Å². The smallest absolute Gasteiger partial charge is 0.255 e. The van der Waals surface area contributed by atoms with Gasteiger partial charge in [-0.3, -0.25) is 14.6 Å². The normalized spacial score (nSPS) is 19.0. The number of nitrogens with one attached hydrogen (secondary N) is 1. The third kappa shape index (κ3) is 6.89. The summed E-state index contributed by atoms with van der Waals surface area (Å²) in [5, 5.41) is 2.94. The zero-order valence-corrected chi connectivity index (χ0v) is 18.8. The quantitative estimate of drug-likeness (QED) is 0.724. The first kappa shape index (κ1) is 22.9. The van der Waals surface area contributed by atoms with E-state index in [9.17, 15) is 9.59 Å². The molecule has 0 aliphatic heterocycles. The van der Waals surface area contributed by atoms with Gasteiger partial charge in [-0.25, -0.2) is 0 Å². The van der Waals surface area contributed by atoms with Crippen LogP contribution in [0.15, 0.2) is 48.8 Å². The van der Waals surface area contributed by atoms with Crippen LogP contribution in [0.4, 0.5) is 5.69 Å². The molecule has 31 heavy (non-hydrogen) atoms. The maximum atomic E-state index is 13.2. The van der Waals surface area contributed by atoms with Gasteiger partial charge in [-0.05, 0) is 60.9 Å². The van der Waals surface area contributed by atoms with Gasteiger partial charge in [-0.2, -0.15) is 0 Å². The van der Waals surface area contributed by atoms with E-state index in [1.54, 1.807) is 24.5 Å². The number of carbonyl (C=O) groups is 2. The zero-order valence-electron chi connectivity index (χ0n) is 18.8. The number of anilines is 1. The van der Waals surface area contributed by atoms with Crippen molar-refractivity contribution in [3.63, 3.8) is 0 Å². The van der Waals surface area contributed by atoms with Crippen molar-refractivity contribution in [3.8, 4) is 0 Å². The molecule has 1 aromatic carbocycles. The van der Waals surface area contributed by atoms with Crippen molar-refractivity contribution in [2.75, 3.05) is 5.32 Å². The number of pyridine rings is 1. The van der Waals surface area contributed by atoms with Crippen LogP contribution in [0.5, 0.6) is 0 Å². The molecule has 3 N–H and O–H groups in total. The van der Waals surface area contributed by atoms with Crippen molar-refractivity contribution in [3.05, 3.63) is 59.9 Å². The van der Waals surface area contributed by atoms with Crippen molar-refractivity contribution in [1.82, 2.24) is 9.88 Å². The molecule has 0 spiro atoms. The summed E-state index contributed by atoms with van der Waals surface area (Å²) in [5.41, 5.74) is 8.30. The number of nitrogens with zero attached hydrogens (tertiary/aromatic N) is 2. The molecule has 1 aliphatic carbocycles. The van der Waals surface area contributed by atoms with Gasteiger partial charge in [0.2, 0.25) is 5.91 Å². The molecule has 166 valence electrons. The summed E-state index contributed by atoms with van der Waals surface area (Å²) in [6.07, 6.45) is 7.48. The van der Waals surface area contributed by atoms with Gasteiger partial charge in [0.15, 0.2) is 0 Å². The highest BCUT2D eigenvalue weighted by molar-refractivity contribution is 6.04. The maximum absolute atomic E-state index is 13.2. The summed E-state index contributed by atoms with van der Waals surface area (Å²) in [5.74, 6) is 0.000629. The van der Waals surface area contributed by atoms with E-state index < -0.39 is 0 Å². The van der Waals surface area contributed by atoms with Gasteiger partial charge < -0.3 is 16.0 Å². The van der Waals surface area contributed by atoms with Crippen LogP contribution < -0.4 is 11.1 Å². The Kier molecular flexibility index (Phi) is 7.44. The molecule has 3 rings (SSSR count).